The molecule has 0 aromatic heterocycles. The van der Waals surface area contributed by atoms with E-state index in [-0.39, 0.29) is 17.9 Å². The van der Waals surface area contributed by atoms with Crippen molar-refractivity contribution < 1.29 is 9.59 Å². The summed E-state index contributed by atoms with van der Waals surface area (Å²) in [5.74, 6) is -0.0133. The van der Waals surface area contributed by atoms with E-state index in [1.807, 2.05) is 35.2 Å². The summed E-state index contributed by atoms with van der Waals surface area (Å²) < 4.78 is 0. The average molecular weight is 289 g/mol. The van der Waals surface area contributed by atoms with E-state index in [2.05, 4.69) is 5.32 Å². The first-order valence-electron chi connectivity index (χ1n) is 7.41. The van der Waals surface area contributed by atoms with Gasteiger partial charge in [-0.2, -0.15) is 0 Å². The van der Waals surface area contributed by atoms with Crippen LogP contribution in [-0.2, 0) is 16.0 Å². The van der Waals surface area contributed by atoms with Crippen LogP contribution in [0, 0.1) is 0 Å². The van der Waals surface area contributed by atoms with Crippen molar-refractivity contribution in [3.8, 4) is 0 Å². The summed E-state index contributed by atoms with van der Waals surface area (Å²) in [4.78, 5) is 25.2. The Kier molecular flexibility index (Phi) is 5.33. The van der Waals surface area contributed by atoms with E-state index in [1.54, 1.807) is 0 Å². The van der Waals surface area contributed by atoms with Crippen LogP contribution in [0.4, 0.5) is 0 Å². The fourth-order valence-corrected chi connectivity index (χ4v) is 2.72. The molecule has 1 heterocycles. The third-order valence-electron chi connectivity index (χ3n) is 3.83. The first-order valence-corrected chi connectivity index (χ1v) is 7.41. The minimum Gasteiger partial charge on any atom is -0.353 e. The third-order valence-corrected chi connectivity index (χ3v) is 3.83. The Bertz CT molecular complexity index is 482. The average Bonchev–Trinajstić information content (AvgIpc) is 2.47. The van der Waals surface area contributed by atoms with Gasteiger partial charge in [-0.05, 0) is 24.8 Å². The van der Waals surface area contributed by atoms with Crippen LogP contribution < -0.4 is 11.1 Å². The molecule has 0 aliphatic carbocycles. The van der Waals surface area contributed by atoms with Gasteiger partial charge in [0, 0.05) is 26.1 Å². The Hall–Kier alpha value is -1.88. The van der Waals surface area contributed by atoms with Gasteiger partial charge in [0.25, 0.3) is 0 Å². The zero-order valence-corrected chi connectivity index (χ0v) is 12.4. The van der Waals surface area contributed by atoms with Crippen molar-refractivity contribution in [2.75, 3.05) is 13.1 Å². The zero-order chi connectivity index (χ0) is 15.2. The van der Waals surface area contributed by atoms with Gasteiger partial charge in [-0.25, -0.2) is 0 Å². The molecule has 1 aliphatic rings. The Balaban J connectivity index is 1.82. The van der Waals surface area contributed by atoms with Gasteiger partial charge in [-0.3, -0.25) is 9.59 Å². The number of benzene rings is 1. The van der Waals surface area contributed by atoms with Crippen molar-refractivity contribution >= 4 is 11.8 Å². The summed E-state index contributed by atoms with van der Waals surface area (Å²) >= 11 is 0. The highest BCUT2D eigenvalue weighted by Gasteiger charge is 2.26. The monoisotopic (exact) mass is 289 g/mol. The van der Waals surface area contributed by atoms with E-state index < -0.39 is 6.04 Å². The molecule has 0 bridgehead atoms. The van der Waals surface area contributed by atoms with E-state index in [0.717, 1.165) is 18.4 Å². The smallest absolute Gasteiger partial charge is 0.239 e. The number of hydrogen-bond donors (Lipinski definition) is 2. The van der Waals surface area contributed by atoms with Gasteiger partial charge >= 0.3 is 0 Å². The van der Waals surface area contributed by atoms with Crippen LogP contribution in [0.1, 0.15) is 25.3 Å². The number of carbonyl (C=O) groups excluding carboxylic acids is 2. The molecule has 2 rings (SSSR count). The molecule has 1 atom stereocenters. The normalized spacial score (nSPS) is 17.3. The highest BCUT2D eigenvalue weighted by atomic mass is 16.2. The highest BCUT2D eigenvalue weighted by Crippen LogP contribution is 2.12. The number of nitrogens with two attached hydrogens (primary N) is 1. The molecule has 1 fully saturated rings. The summed E-state index contributed by atoms with van der Waals surface area (Å²) in [5.41, 5.74) is 7.11. The van der Waals surface area contributed by atoms with Crippen LogP contribution in [0.25, 0.3) is 0 Å². The third kappa shape index (κ3) is 4.56. The molecule has 0 unspecified atom stereocenters. The minimum atomic E-state index is -0.496. The fourth-order valence-electron chi connectivity index (χ4n) is 2.72. The lowest BCUT2D eigenvalue weighted by Crippen LogP contribution is -2.51. The molecule has 1 saturated heterocycles. The van der Waals surface area contributed by atoms with Crippen LogP contribution in [0.2, 0.25) is 0 Å². The molecule has 0 spiro atoms. The first kappa shape index (κ1) is 15.5. The maximum absolute atomic E-state index is 12.3. The lowest BCUT2D eigenvalue weighted by atomic mass is 10.0. The lowest BCUT2D eigenvalue weighted by molar-refractivity contribution is -0.133. The summed E-state index contributed by atoms with van der Waals surface area (Å²) in [6.07, 6.45) is 2.15. The number of amides is 2. The molecule has 3 N–H and O–H groups in total. The molecule has 114 valence electrons. The minimum absolute atomic E-state index is 0.000119. The maximum Gasteiger partial charge on any atom is 0.239 e. The maximum atomic E-state index is 12.3. The molecule has 21 heavy (non-hydrogen) atoms. The second-order valence-corrected chi connectivity index (χ2v) is 5.60. The second kappa shape index (κ2) is 7.22. The Morgan fingerprint density at radius 3 is 2.48 bits per heavy atom. The van der Waals surface area contributed by atoms with Gasteiger partial charge in [0.05, 0.1) is 6.04 Å². The van der Waals surface area contributed by atoms with Crippen molar-refractivity contribution in [3.05, 3.63) is 35.9 Å². The van der Waals surface area contributed by atoms with Crippen LogP contribution >= 0.6 is 0 Å². The molecule has 5 nitrogen and oxygen atoms in total. The van der Waals surface area contributed by atoms with Crippen LogP contribution in [-0.4, -0.2) is 41.9 Å². The summed E-state index contributed by atoms with van der Waals surface area (Å²) in [5, 5.41) is 2.90. The molecule has 0 radical (unpaired) electrons. The number of hydrogen-bond acceptors (Lipinski definition) is 3. The summed E-state index contributed by atoms with van der Waals surface area (Å²) in [7, 11) is 0. The SMILES string of the molecule is CC(=O)NC1CCN(C(=O)[C@@H](N)Cc2ccccc2)CC1. The molecule has 2 amide bonds. The van der Waals surface area contributed by atoms with Gasteiger partial charge in [0.1, 0.15) is 0 Å². The van der Waals surface area contributed by atoms with Gasteiger partial charge < -0.3 is 16.0 Å². The van der Waals surface area contributed by atoms with Crippen molar-refractivity contribution in [2.24, 2.45) is 5.73 Å². The molecular formula is C16H23N3O2. The van der Waals surface area contributed by atoms with Crippen molar-refractivity contribution in [1.29, 1.82) is 0 Å². The van der Waals surface area contributed by atoms with Crippen molar-refractivity contribution in [1.82, 2.24) is 10.2 Å². The van der Waals surface area contributed by atoms with Crippen molar-refractivity contribution in [2.45, 2.75) is 38.3 Å². The van der Waals surface area contributed by atoms with Crippen molar-refractivity contribution in [3.63, 3.8) is 0 Å². The van der Waals surface area contributed by atoms with Gasteiger partial charge in [-0.1, -0.05) is 30.3 Å². The van der Waals surface area contributed by atoms with E-state index >= 15 is 0 Å². The molecule has 0 saturated carbocycles. The quantitative estimate of drug-likeness (QED) is 0.856. The summed E-state index contributed by atoms with van der Waals surface area (Å²) in [6, 6.07) is 9.49. The standard InChI is InChI=1S/C16H23N3O2/c1-12(20)18-14-7-9-19(10-8-14)16(21)15(17)11-13-5-3-2-4-6-13/h2-6,14-15H,7-11,17H2,1H3,(H,18,20)/t15-/m0/s1. The second-order valence-electron chi connectivity index (χ2n) is 5.60. The predicted molar refractivity (Wildman–Crippen MR) is 81.5 cm³/mol. The van der Waals surface area contributed by atoms with Crippen LogP contribution in [0.5, 0.6) is 0 Å². The van der Waals surface area contributed by atoms with E-state index in [0.29, 0.717) is 19.5 Å². The zero-order valence-electron chi connectivity index (χ0n) is 12.4. The number of carbonyl (C=O) groups is 2. The Morgan fingerprint density at radius 2 is 1.90 bits per heavy atom. The van der Waals surface area contributed by atoms with E-state index in [9.17, 15) is 9.59 Å². The number of rotatable bonds is 4. The molecule has 1 aromatic rings. The fraction of sp³-hybridized carbons (Fsp3) is 0.500. The van der Waals surface area contributed by atoms with E-state index in [4.69, 9.17) is 5.73 Å². The summed E-state index contributed by atoms with van der Waals surface area (Å²) in [6.45, 7) is 2.84. The number of nitrogens with one attached hydrogen (secondary N) is 1. The predicted octanol–water partition coefficient (Wildman–Crippen LogP) is 0.684. The highest BCUT2D eigenvalue weighted by molar-refractivity contribution is 5.82. The molecule has 1 aromatic carbocycles. The van der Waals surface area contributed by atoms with Crippen LogP contribution in [0.3, 0.4) is 0 Å². The molecule has 1 aliphatic heterocycles. The van der Waals surface area contributed by atoms with Gasteiger partial charge in [0.2, 0.25) is 11.8 Å². The van der Waals surface area contributed by atoms with Gasteiger partial charge in [0.15, 0.2) is 0 Å². The topological polar surface area (TPSA) is 75.4 Å². The number of nitrogens with zero attached hydrogens (tertiary/aromatic N) is 1. The largest absolute Gasteiger partial charge is 0.353 e. The van der Waals surface area contributed by atoms with Gasteiger partial charge in [-0.15, -0.1) is 0 Å². The Labute approximate surface area is 125 Å². The first-order chi connectivity index (χ1) is 10.1. The van der Waals surface area contributed by atoms with E-state index in [1.165, 1.54) is 6.92 Å². The number of piperidine rings is 1. The van der Waals surface area contributed by atoms with Crippen LogP contribution in [0.15, 0.2) is 30.3 Å². The number of likely N-dealkylation sites (tertiary alicyclic amines) is 1. The molecule has 5 heteroatoms. The lowest BCUT2D eigenvalue weighted by Gasteiger charge is -2.33. The Morgan fingerprint density at radius 1 is 1.29 bits per heavy atom. The molecular weight excluding hydrogens is 266 g/mol.